The van der Waals surface area contributed by atoms with Gasteiger partial charge in [-0.3, -0.25) is 0 Å². The van der Waals surface area contributed by atoms with Gasteiger partial charge in [-0.1, -0.05) is 18.2 Å². The van der Waals surface area contributed by atoms with E-state index in [2.05, 4.69) is 58.6 Å². The van der Waals surface area contributed by atoms with Gasteiger partial charge >= 0.3 is 0 Å². The van der Waals surface area contributed by atoms with Gasteiger partial charge in [0.25, 0.3) is 0 Å². The van der Waals surface area contributed by atoms with Gasteiger partial charge in [0, 0.05) is 17.3 Å². The maximum atomic E-state index is 3.54. The third kappa shape index (κ3) is 2.93. The van der Waals surface area contributed by atoms with Crippen LogP contribution in [0.25, 0.3) is 0 Å². The summed E-state index contributed by atoms with van der Waals surface area (Å²) in [6.45, 7) is 0. The molecule has 0 saturated heterocycles. The summed E-state index contributed by atoms with van der Waals surface area (Å²) in [6, 6.07) is 11.8. The van der Waals surface area contributed by atoms with E-state index in [0.29, 0.717) is 6.04 Å². The Bertz CT molecular complexity index is 576. The number of likely N-dealkylation sites (N-methyl/N-ethyl adjacent to an activating group) is 1. The summed E-state index contributed by atoms with van der Waals surface area (Å²) < 4.78 is 1.21. The van der Waals surface area contributed by atoms with E-state index in [1.807, 2.05) is 11.3 Å². The maximum Gasteiger partial charge on any atom is 0.0701 e. The molecule has 1 aliphatic carbocycles. The van der Waals surface area contributed by atoms with Gasteiger partial charge in [-0.05, 0) is 71.1 Å². The van der Waals surface area contributed by atoms with Crippen molar-refractivity contribution in [2.45, 2.75) is 31.7 Å². The highest BCUT2D eigenvalue weighted by atomic mass is 79.9. The van der Waals surface area contributed by atoms with E-state index >= 15 is 0 Å². The molecule has 2 aromatic rings. The van der Waals surface area contributed by atoms with Crippen LogP contribution in [0.5, 0.6) is 0 Å². The fourth-order valence-corrected chi connectivity index (χ4v) is 4.39. The van der Waals surface area contributed by atoms with E-state index in [1.54, 1.807) is 11.1 Å². The zero-order chi connectivity index (χ0) is 13.2. The minimum atomic E-state index is 0.413. The highest BCUT2D eigenvalue weighted by Crippen LogP contribution is 2.29. The van der Waals surface area contributed by atoms with Gasteiger partial charge in [-0.25, -0.2) is 0 Å². The molecule has 0 spiro atoms. The van der Waals surface area contributed by atoms with Gasteiger partial charge in [-0.2, -0.15) is 0 Å². The molecular formula is C16H18BrNS. The molecule has 0 fully saturated rings. The quantitative estimate of drug-likeness (QED) is 0.867. The third-order valence-corrected chi connectivity index (χ3v) is 5.55. The van der Waals surface area contributed by atoms with Crippen LogP contribution in [0.2, 0.25) is 0 Å². The first-order valence-corrected chi connectivity index (χ1v) is 8.40. The standard InChI is InChI=1S/C16H18BrNS/c1-18-15(10-14-7-8-16(17)19-14)13-6-5-11-3-2-4-12(11)9-13/h5-9,15,18H,2-4,10H2,1H3. The van der Waals surface area contributed by atoms with Gasteiger partial charge in [-0.15, -0.1) is 11.3 Å². The van der Waals surface area contributed by atoms with Gasteiger partial charge < -0.3 is 5.32 Å². The molecule has 1 unspecified atom stereocenters. The summed E-state index contributed by atoms with van der Waals surface area (Å²) in [7, 11) is 2.06. The minimum absolute atomic E-state index is 0.413. The Hall–Kier alpha value is -0.640. The fourth-order valence-electron chi connectivity index (χ4n) is 2.86. The smallest absolute Gasteiger partial charge is 0.0701 e. The topological polar surface area (TPSA) is 12.0 Å². The Kier molecular flexibility index (Phi) is 4.06. The van der Waals surface area contributed by atoms with Crippen LogP contribution < -0.4 is 5.32 Å². The molecule has 3 heteroatoms. The number of hydrogen-bond donors (Lipinski definition) is 1. The number of hydrogen-bond acceptors (Lipinski definition) is 2. The largest absolute Gasteiger partial charge is 0.313 e. The van der Waals surface area contributed by atoms with Crippen molar-refractivity contribution in [3.05, 3.63) is 55.7 Å². The molecule has 0 bridgehead atoms. The molecule has 1 nitrogen and oxygen atoms in total. The van der Waals surface area contributed by atoms with Crippen LogP contribution in [0, 0.1) is 0 Å². The van der Waals surface area contributed by atoms with Gasteiger partial charge in [0.1, 0.15) is 0 Å². The summed E-state index contributed by atoms with van der Waals surface area (Å²) >= 11 is 5.37. The predicted molar refractivity (Wildman–Crippen MR) is 86.0 cm³/mol. The number of thiophene rings is 1. The molecule has 0 aliphatic heterocycles. The third-order valence-electron chi connectivity index (χ3n) is 3.91. The Balaban J connectivity index is 1.82. The van der Waals surface area contributed by atoms with Crippen LogP contribution in [0.15, 0.2) is 34.1 Å². The number of nitrogens with one attached hydrogen (secondary N) is 1. The number of benzene rings is 1. The molecule has 3 rings (SSSR count). The first-order chi connectivity index (χ1) is 9.26. The molecule has 1 aromatic heterocycles. The zero-order valence-corrected chi connectivity index (χ0v) is 13.5. The molecule has 1 aliphatic rings. The normalized spacial score (nSPS) is 15.5. The van der Waals surface area contributed by atoms with E-state index in [9.17, 15) is 0 Å². The summed E-state index contributed by atoms with van der Waals surface area (Å²) in [5, 5.41) is 3.46. The number of aryl methyl sites for hydroxylation is 2. The van der Waals surface area contributed by atoms with E-state index in [-0.39, 0.29) is 0 Å². The van der Waals surface area contributed by atoms with Crippen molar-refractivity contribution < 1.29 is 0 Å². The first-order valence-electron chi connectivity index (χ1n) is 6.79. The van der Waals surface area contributed by atoms with Crippen molar-refractivity contribution in [1.82, 2.24) is 5.32 Å². The second kappa shape index (κ2) is 5.78. The Morgan fingerprint density at radius 3 is 2.79 bits per heavy atom. The van der Waals surface area contributed by atoms with Crippen LogP contribution in [-0.2, 0) is 19.3 Å². The minimum Gasteiger partial charge on any atom is -0.313 e. The number of halogens is 1. The summed E-state index contributed by atoms with van der Waals surface area (Å²) in [6.07, 6.45) is 4.90. The van der Waals surface area contributed by atoms with Crippen molar-refractivity contribution >= 4 is 27.3 Å². The molecule has 1 aromatic carbocycles. The monoisotopic (exact) mass is 335 g/mol. The van der Waals surface area contributed by atoms with Crippen LogP contribution in [0.1, 0.15) is 34.0 Å². The molecular weight excluding hydrogens is 318 g/mol. The average Bonchev–Trinajstić information content (AvgIpc) is 3.03. The molecule has 1 N–H and O–H groups in total. The number of rotatable bonds is 4. The lowest BCUT2D eigenvalue weighted by atomic mass is 9.98. The second-order valence-corrected chi connectivity index (χ2v) is 7.68. The number of fused-ring (bicyclic) bond motifs is 1. The van der Waals surface area contributed by atoms with Crippen molar-refractivity contribution in [3.63, 3.8) is 0 Å². The van der Waals surface area contributed by atoms with Gasteiger partial charge in [0.05, 0.1) is 3.79 Å². The molecule has 0 amide bonds. The lowest BCUT2D eigenvalue weighted by Crippen LogP contribution is -2.18. The zero-order valence-electron chi connectivity index (χ0n) is 11.1. The van der Waals surface area contributed by atoms with Crippen molar-refractivity contribution in [1.29, 1.82) is 0 Å². The van der Waals surface area contributed by atoms with E-state index in [1.165, 1.54) is 33.5 Å². The lowest BCUT2D eigenvalue weighted by molar-refractivity contribution is 0.596. The Labute approximate surface area is 127 Å². The Morgan fingerprint density at radius 1 is 1.21 bits per heavy atom. The van der Waals surface area contributed by atoms with Crippen LogP contribution in [0.4, 0.5) is 0 Å². The van der Waals surface area contributed by atoms with Crippen LogP contribution >= 0.6 is 27.3 Å². The predicted octanol–water partition coefficient (Wildman–Crippen LogP) is 4.50. The molecule has 1 heterocycles. The summed E-state index contributed by atoms with van der Waals surface area (Å²) in [4.78, 5) is 1.42. The SMILES string of the molecule is CNC(Cc1ccc(Br)s1)c1ccc2c(c1)CCC2. The molecule has 0 radical (unpaired) electrons. The second-order valence-electron chi connectivity index (χ2n) is 5.13. The van der Waals surface area contributed by atoms with Gasteiger partial charge in [0.2, 0.25) is 0 Å². The fraction of sp³-hybridized carbons (Fsp3) is 0.375. The van der Waals surface area contributed by atoms with Crippen LogP contribution in [-0.4, -0.2) is 7.05 Å². The lowest BCUT2D eigenvalue weighted by Gasteiger charge is -2.17. The highest BCUT2D eigenvalue weighted by molar-refractivity contribution is 9.11. The van der Waals surface area contributed by atoms with E-state index in [4.69, 9.17) is 0 Å². The summed E-state index contributed by atoms with van der Waals surface area (Å²) in [5.74, 6) is 0. The van der Waals surface area contributed by atoms with E-state index < -0.39 is 0 Å². The first kappa shape index (κ1) is 13.3. The highest BCUT2D eigenvalue weighted by Gasteiger charge is 2.16. The van der Waals surface area contributed by atoms with Crippen molar-refractivity contribution in [2.75, 3.05) is 7.05 Å². The Morgan fingerprint density at radius 2 is 2.05 bits per heavy atom. The van der Waals surface area contributed by atoms with Crippen LogP contribution in [0.3, 0.4) is 0 Å². The maximum absolute atomic E-state index is 3.54. The van der Waals surface area contributed by atoms with Crippen molar-refractivity contribution in [3.8, 4) is 0 Å². The molecule has 100 valence electrons. The average molecular weight is 336 g/mol. The van der Waals surface area contributed by atoms with E-state index in [0.717, 1.165) is 6.42 Å². The molecule has 0 saturated carbocycles. The molecule has 19 heavy (non-hydrogen) atoms. The van der Waals surface area contributed by atoms with Crippen molar-refractivity contribution in [2.24, 2.45) is 0 Å². The molecule has 1 atom stereocenters. The van der Waals surface area contributed by atoms with Gasteiger partial charge in [0.15, 0.2) is 0 Å². The summed E-state index contributed by atoms with van der Waals surface area (Å²) in [5.41, 5.74) is 4.54.